The Labute approximate surface area is 135 Å². The van der Waals surface area contributed by atoms with E-state index in [0.29, 0.717) is 22.7 Å². The Morgan fingerprint density at radius 1 is 1.08 bits per heavy atom. The first-order chi connectivity index (χ1) is 11.6. The maximum atomic E-state index is 11.7. The molecular weight excluding hydrogens is 314 g/mol. The molecule has 2 aromatic carbocycles. The lowest BCUT2D eigenvalue weighted by molar-refractivity contribution is 0.275. The highest BCUT2D eigenvalue weighted by Gasteiger charge is 2.05. The fraction of sp³-hybridized carbons (Fsp3) is 0.0625. The third-order valence-corrected chi connectivity index (χ3v) is 3.25. The summed E-state index contributed by atoms with van der Waals surface area (Å²) < 4.78 is 6.68. The largest absolute Gasteiger partial charge is 0.508 e. The van der Waals surface area contributed by atoms with Crippen molar-refractivity contribution < 1.29 is 14.9 Å². The highest BCUT2D eigenvalue weighted by Crippen LogP contribution is 2.27. The maximum Gasteiger partial charge on any atom is 0.349 e. The minimum Gasteiger partial charge on any atom is -0.508 e. The van der Waals surface area contributed by atoms with E-state index in [1.165, 1.54) is 12.1 Å². The Bertz CT molecular complexity index is 976. The summed E-state index contributed by atoms with van der Waals surface area (Å²) in [6.45, 7) is -0.303. The number of rotatable bonds is 4. The van der Waals surface area contributed by atoms with Crippen LogP contribution >= 0.6 is 0 Å². The molecule has 122 valence electrons. The number of aromatic amines is 1. The van der Waals surface area contributed by atoms with Crippen LogP contribution in [0.2, 0.25) is 0 Å². The summed E-state index contributed by atoms with van der Waals surface area (Å²) in [6.07, 6.45) is 1.01. The lowest BCUT2D eigenvalue weighted by Crippen LogP contribution is -2.30. The van der Waals surface area contributed by atoms with Crippen molar-refractivity contribution >= 4 is 0 Å². The van der Waals surface area contributed by atoms with Crippen molar-refractivity contribution in [2.75, 3.05) is 0 Å². The van der Waals surface area contributed by atoms with E-state index in [2.05, 4.69) is 10.1 Å². The van der Waals surface area contributed by atoms with Crippen LogP contribution in [0.1, 0.15) is 5.56 Å². The minimum absolute atomic E-state index is 0.0104. The lowest BCUT2D eigenvalue weighted by atomic mass is 10.2. The van der Waals surface area contributed by atoms with Gasteiger partial charge in [-0.1, -0.05) is 0 Å². The zero-order valence-corrected chi connectivity index (χ0v) is 12.3. The highest BCUT2D eigenvalue weighted by atomic mass is 16.5. The fourth-order valence-electron chi connectivity index (χ4n) is 2.08. The number of benzene rings is 2. The molecule has 1 aromatic heterocycles. The molecule has 0 aliphatic rings. The molecule has 0 amide bonds. The van der Waals surface area contributed by atoms with E-state index in [9.17, 15) is 14.7 Å². The standard InChI is InChI=1S/C16H13N3O5/c20-9-10-7-13(5-6-14(10)21)24-12-3-1-11(2-4-12)19-16(23)18-15(22)8-17-19/h1-8,20-21H,9H2,(H,18,22,23). The van der Waals surface area contributed by atoms with Crippen LogP contribution in [0.5, 0.6) is 17.2 Å². The van der Waals surface area contributed by atoms with Gasteiger partial charge in [-0.05, 0) is 42.5 Å². The van der Waals surface area contributed by atoms with Gasteiger partial charge in [0, 0.05) is 5.56 Å². The third kappa shape index (κ3) is 3.18. The molecule has 8 nitrogen and oxygen atoms in total. The zero-order valence-electron chi connectivity index (χ0n) is 12.3. The number of hydrogen-bond acceptors (Lipinski definition) is 6. The first-order valence-electron chi connectivity index (χ1n) is 6.96. The molecule has 3 rings (SSSR count). The molecule has 0 unspecified atom stereocenters. The topological polar surface area (TPSA) is 117 Å². The number of ether oxygens (including phenoxy) is 1. The van der Waals surface area contributed by atoms with E-state index in [1.807, 2.05) is 0 Å². The third-order valence-electron chi connectivity index (χ3n) is 3.25. The van der Waals surface area contributed by atoms with Crippen molar-refractivity contribution in [1.29, 1.82) is 0 Å². The van der Waals surface area contributed by atoms with Gasteiger partial charge in [-0.15, -0.1) is 0 Å². The Balaban J connectivity index is 1.84. The molecule has 3 aromatic rings. The number of aliphatic hydroxyl groups excluding tert-OH is 1. The molecule has 8 heteroatoms. The van der Waals surface area contributed by atoms with Crippen molar-refractivity contribution in [3.05, 3.63) is 75.1 Å². The van der Waals surface area contributed by atoms with E-state index in [4.69, 9.17) is 9.84 Å². The van der Waals surface area contributed by atoms with E-state index in [1.54, 1.807) is 30.3 Å². The smallest absolute Gasteiger partial charge is 0.349 e. The van der Waals surface area contributed by atoms with E-state index in [-0.39, 0.29) is 12.4 Å². The molecule has 1 heterocycles. The van der Waals surface area contributed by atoms with Gasteiger partial charge in [0.25, 0.3) is 5.56 Å². The SMILES string of the molecule is O=c1cnn(-c2ccc(Oc3ccc(O)c(CO)c3)cc2)c(=O)[nH]1. The number of nitrogens with zero attached hydrogens (tertiary/aromatic N) is 2. The summed E-state index contributed by atoms with van der Waals surface area (Å²) in [7, 11) is 0. The van der Waals surface area contributed by atoms with Crippen LogP contribution in [0.15, 0.2) is 58.3 Å². The lowest BCUT2D eigenvalue weighted by Gasteiger charge is -2.09. The van der Waals surface area contributed by atoms with Crippen LogP contribution in [0.3, 0.4) is 0 Å². The number of aromatic nitrogens is 3. The fourth-order valence-corrected chi connectivity index (χ4v) is 2.08. The van der Waals surface area contributed by atoms with E-state index < -0.39 is 11.2 Å². The van der Waals surface area contributed by atoms with Gasteiger partial charge in [-0.25, -0.2) is 4.79 Å². The number of aromatic hydroxyl groups is 1. The van der Waals surface area contributed by atoms with Crippen LogP contribution < -0.4 is 16.0 Å². The van der Waals surface area contributed by atoms with Gasteiger partial charge in [0.1, 0.15) is 23.4 Å². The van der Waals surface area contributed by atoms with E-state index >= 15 is 0 Å². The van der Waals surface area contributed by atoms with E-state index in [0.717, 1.165) is 10.9 Å². The first kappa shape index (κ1) is 15.5. The van der Waals surface area contributed by atoms with Gasteiger partial charge in [0.15, 0.2) is 0 Å². The Morgan fingerprint density at radius 3 is 2.46 bits per heavy atom. The van der Waals surface area contributed by atoms with Crippen molar-refractivity contribution in [1.82, 2.24) is 14.8 Å². The van der Waals surface area contributed by atoms with Gasteiger partial charge >= 0.3 is 5.69 Å². The molecule has 0 atom stereocenters. The second-order valence-corrected chi connectivity index (χ2v) is 4.90. The minimum atomic E-state index is -0.637. The summed E-state index contributed by atoms with van der Waals surface area (Å²) in [5.41, 5.74) is -0.385. The summed E-state index contributed by atoms with van der Waals surface area (Å²) >= 11 is 0. The molecule has 3 N–H and O–H groups in total. The van der Waals surface area contributed by atoms with Crippen molar-refractivity contribution in [2.45, 2.75) is 6.61 Å². The molecular formula is C16H13N3O5. The molecule has 0 spiro atoms. The first-order valence-corrected chi connectivity index (χ1v) is 6.96. The van der Waals surface area contributed by atoms with Crippen molar-refractivity contribution in [3.63, 3.8) is 0 Å². The molecule has 0 bridgehead atoms. The zero-order chi connectivity index (χ0) is 17.1. The molecule has 0 aliphatic carbocycles. The average molecular weight is 327 g/mol. The van der Waals surface area contributed by atoms with Crippen LogP contribution in [-0.2, 0) is 6.61 Å². The Kier molecular flexibility index (Phi) is 4.13. The molecule has 0 fully saturated rings. The van der Waals surface area contributed by atoms with Crippen LogP contribution in [0.4, 0.5) is 0 Å². The second-order valence-electron chi connectivity index (χ2n) is 4.90. The summed E-state index contributed by atoms with van der Waals surface area (Å²) in [5.74, 6) is 0.929. The van der Waals surface area contributed by atoms with Gasteiger partial charge < -0.3 is 14.9 Å². The average Bonchev–Trinajstić information content (AvgIpc) is 2.57. The highest BCUT2D eigenvalue weighted by molar-refractivity contribution is 5.42. The normalized spacial score (nSPS) is 10.5. The van der Waals surface area contributed by atoms with Gasteiger partial charge in [-0.3, -0.25) is 9.78 Å². The van der Waals surface area contributed by atoms with Crippen LogP contribution in [0.25, 0.3) is 5.69 Å². The van der Waals surface area contributed by atoms with Crippen molar-refractivity contribution in [3.8, 4) is 22.9 Å². The summed E-state index contributed by atoms with van der Waals surface area (Å²) in [4.78, 5) is 24.8. The quantitative estimate of drug-likeness (QED) is 0.656. The predicted molar refractivity (Wildman–Crippen MR) is 84.6 cm³/mol. The maximum absolute atomic E-state index is 11.7. The number of phenols is 1. The number of hydrogen-bond donors (Lipinski definition) is 3. The van der Waals surface area contributed by atoms with Gasteiger partial charge in [0.05, 0.1) is 12.3 Å². The number of aliphatic hydroxyl groups is 1. The Hall–Kier alpha value is -3.39. The monoisotopic (exact) mass is 327 g/mol. The Morgan fingerprint density at radius 2 is 1.79 bits per heavy atom. The second kappa shape index (κ2) is 6.39. The molecule has 24 heavy (non-hydrogen) atoms. The summed E-state index contributed by atoms with van der Waals surface area (Å²) in [5, 5.41) is 22.4. The molecule has 0 radical (unpaired) electrons. The predicted octanol–water partition coefficient (Wildman–Crippen LogP) is 0.911. The molecule has 0 saturated carbocycles. The van der Waals surface area contributed by atoms with Crippen LogP contribution in [0, 0.1) is 0 Å². The molecule has 0 saturated heterocycles. The van der Waals surface area contributed by atoms with Gasteiger partial charge in [0.2, 0.25) is 0 Å². The number of nitrogens with one attached hydrogen (secondary N) is 1. The number of H-pyrrole nitrogens is 1. The van der Waals surface area contributed by atoms with Crippen molar-refractivity contribution in [2.24, 2.45) is 0 Å². The van der Waals surface area contributed by atoms with Gasteiger partial charge in [-0.2, -0.15) is 9.78 Å². The van der Waals surface area contributed by atoms with Crippen LogP contribution in [-0.4, -0.2) is 25.0 Å². The summed E-state index contributed by atoms with van der Waals surface area (Å²) in [6, 6.07) is 11.0. The molecule has 0 aliphatic heterocycles.